The van der Waals surface area contributed by atoms with Crippen molar-refractivity contribution < 1.29 is 90.5 Å². The molecule has 2 aromatic heterocycles. The first kappa shape index (κ1) is 44.7. The minimum Gasteiger partial charge on any atom is -0.472 e. The molecule has 3 fully saturated rings. The average Bonchev–Trinajstić information content (AvgIpc) is 3.79. The fourth-order valence-electron chi connectivity index (χ4n) is 9.64. The number of aromatic nitrogens is 1. The monoisotopic (exact) mass is 857 g/mol. The number of esters is 8. The van der Waals surface area contributed by atoms with Crippen molar-refractivity contribution in [3.8, 4) is 0 Å². The van der Waals surface area contributed by atoms with Gasteiger partial charge in [0.2, 0.25) is 0 Å². The van der Waals surface area contributed by atoms with Crippen LogP contribution in [0, 0.1) is 17.3 Å². The highest BCUT2D eigenvalue weighted by molar-refractivity contribution is 5.91. The Labute approximate surface area is 348 Å². The summed E-state index contributed by atoms with van der Waals surface area (Å²) >= 11 is 0. The van der Waals surface area contributed by atoms with Crippen LogP contribution in [0.2, 0.25) is 0 Å². The van der Waals surface area contributed by atoms with E-state index < -0.39 is 138 Å². The number of nitrogens with zero attached hydrogens (tertiary/aromatic N) is 1. The van der Waals surface area contributed by atoms with Crippen molar-refractivity contribution in [3.05, 3.63) is 53.7 Å². The molecule has 4 bridgehead atoms. The lowest BCUT2D eigenvalue weighted by molar-refractivity contribution is -0.386. The summed E-state index contributed by atoms with van der Waals surface area (Å²) in [4.78, 5) is 113. The first-order valence-corrected chi connectivity index (χ1v) is 19.3. The summed E-state index contributed by atoms with van der Waals surface area (Å²) in [6, 6.07) is 4.13. The van der Waals surface area contributed by atoms with Crippen molar-refractivity contribution in [2.45, 2.75) is 122 Å². The van der Waals surface area contributed by atoms with Crippen LogP contribution in [-0.2, 0) is 71.4 Å². The molecule has 1 saturated heterocycles. The zero-order valence-electron chi connectivity index (χ0n) is 34.8. The van der Waals surface area contributed by atoms with E-state index in [-0.39, 0.29) is 16.8 Å². The van der Waals surface area contributed by atoms with Gasteiger partial charge in [-0.1, -0.05) is 13.8 Å². The molecule has 2 saturated carbocycles. The van der Waals surface area contributed by atoms with Crippen molar-refractivity contribution in [1.82, 2.24) is 4.98 Å². The lowest BCUT2D eigenvalue weighted by Crippen LogP contribution is -2.89. The maximum atomic E-state index is 14.5. The van der Waals surface area contributed by atoms with Gasteiger partial charge in [-0.25, -0.2) is 9.59 Å². The molecule has 0 aromatic carbocycles. The molecule has 1 unspecified atom stereocenters. The Morgan fingerprint density at radius 1 is 0.803 bits per heavy atom. The van der Waals surface area contributed by atoms with E-state index in [1.807, 2.05) is 0 Å². The quantitative estimate of drug-likeness (QED) is 0.293. The molecule has 2 aliphatic heterocycles. The van der Waals surface area contributed by atoms with Crippen LogP contribution >= 0.6 is 0 Å². The summed E-state index contributed by atoms with van der Waals surface area (Å²) < 4.78 is 60.2. The van der Waals surface area contributed by atoms with E-state index in [1.165, 1.54) is 38.2 Å². The Hall–Kier alpha value is -5.89. The van der Waals surface area contributed by atoms with Gasteiger partial charge in [0.05, 0.1) is 34.9 Å². The molecule has 4 heterocycles. The number of carbonyl (C=O) groups is 8. The lowest BCUT2D eigenvalue weighted by atomic mass is 9.45. The number of cyclic esters (lactones) is 1. The first-order valence-electron chi connectivity index (χ1n) is 19.3. The Morgan fingerprint density at radius 2 is 1.41 bits per heavy atom. The van der Waals surface area contributed by atoms with Crippen LogP contribution in [0.25, 0.3) is 0 Å². The second-order valence-corrected chi connectivity index (χ2v) is 16.1. The van der Waals surface area contributed by atoms with Gasteiger partial charge in [0, 0.05) is 46.7 Å². The number of hydrogen-bond acceptors (Lipinski definition) is 20. The summed E-state index contributed by atoms with van der Waals surface area (Å²) in [6.45, 7) is 8.51. The van der Waals surface area contributed by atoms with Gasteiger partial charge in [0.25, 0.3) is 0 Å². The third-order valence-corrected chi connectivity index (χ3v) is 12.1. The summed E-state index contributed by atoms with van der Waals surface area (Å²) in [5.41, 5.74) is -10.6. The van der Waals surface area contributed by atoms with E-state index in [0.29, 0.717) is 0 Å². The van der Waals surface area contributed by atoms with Crippen LogP contribution < -0.4 is 0 Å². The second kappa shape index (κ2) is 16.2. The molecule has 61 heavy (non-hydrogen) atoms. The SMILES string of the molecule is CC(=O)OC[C@]12[C@H](OC(C)=O)[C@H](OC(C)=O)[C@@H]3[C@@H](OC(=O)c4ccoc4)[C@@]14O[C@@]3(C)COC(=O)c1cccnc1[C@@H](C)[C@H](C)C(=O)O[C@@H]([C@H](OC(C)=O)[C@@H]2OC(C)=O)C4(C)O. The molecule has 2 aromatic rings. The Balaban J connectivity index is 1.81. The lowest BCUT2D eigenvalue weighted by Gasteiger charge is -2.67. The van der Waals surface area contributed by atoms with Gasteiger partial charge < -0.3 is 52.2 Å². The van der Waals surface area contributed by atoms with Gasteiger partial charge in [0.15, 0.2) is 30.0 Å². The number of pyridine rings is 1. The number of hydrogen-bond donors (Lipinski definition) is 1. The first-order chi connectivity index (χ1) is 28.5. The fraction of sp³-hybridized carbons (Fsp3) is 0.585. The van der Waals surface area contributed by atoms with Crippen LogP contribution in [0.1, 0.15) is 94.6 Å². The average molecular weight is 858 g/mol. The molecular weight excluding hydrogens is 810 g/mol. The Morgan fingerprint density at radius 3 is 1.98 bits per heavy atom. The van der Waals surface area contributed by atoms with Crippen molar-refractivity contribution in [3.63, 3.8) is 0 Å². The molecule has 20 heteroatoms. The van der Waals surface area contributed by atoms with Crippen LogP contribution in [-0.4, -0.2) is 124 Å². The van der Waals surface area contributed by atoms with Gasteiger partial charge in [-0.05, 0) is 32.0 Å². The molecule has 1 N–H and O–H groups in total. The van der Waals surface area contributed by atoms with Gasteiger partial charge in [-0.3, -0.25) is 33.8 Å². The third-order valence-electron chi connectivity index (χ3n) is 12.1. The number of carbonyl (C=O) groups excluding carboxylic acids is 8. The molecule has 0 amide bonds. The molecule has 20 nitrogen and oxygen atoms in total. The van der Waals surface area contributed by atoms with Crippen molar-refractivity contribution in [2.75, 3.05) is 13.2 Å². The molecule has 330 valence electrons. The number of furan rings is 1. The van der Waals surface area contributed by atoms with E-state index >= 15 is 0 Å². The Bertz CT molecular complexity index is 2120. The zero-order valence-corrected chi connectivity index (χ0v) is 34.8. The van der Waals surface area contributed by atoms with Crippen molar-refractivity contribution in [2.24, 2.45) is 17.3 Å². The zero-order chi connectivity index (χ0) is 45.0. The molecule has 1 spiro atoms. The predicted molar refractivity (Wildman–Crippen MR) is 198 cm³/mol. The normalized spacial score (nSPS) is 36.5. The smallest absolute Gasteiger partial charge is 0.341 e. The highest BCUT2D eigenvalue weighted by Gasteiger charge is 2.92. The topological polar surface area (TPSA) is 266 Å². The minimum atomic E-state index is -2.89. The highest BCUT2D eigenvalue weighted by Crippen LogP contribution is 2.70. The fourth-order valence-corrected chi connectivity index (χ4v) is 9.64. The summed E-state index contributed by atoms with van der Waals surface area (Å²) in [5, 5.41) is 13.6. The molecular formula is C41H47NO19. The summed E-state index contributed by atoms with van der Waals surface area (Å²) in [5.74, 6) is -12.0. The maximum Gasteiger partial charge on any atom is 0.341 e. The number of fused-ring (bicyclic) bond motifs is 5. The van der Waals surface area contributed by atoms with Gasteiger partial charge in [-0.2, -0.15) is 0 Å². The van der Waals surface area contributed by atoms with Gasteiger partial charge >= 0.3 is 47.8 Å². The van der Waals surface area contributed by atoms with Crippen LogP contribution in [0.4, 0.5) is 0 Å². The van der Waals surface area contributed by atoms with Crippen molar-refractivity contribution >= 4 is 47.8 Å². The predicted octanol–water partition coefficient (Wildman–Crippen LogP) is 1.92. The maximum absolute atomic E-state index is 14.5. The van der Waals surface area contributed by atoms with Gasteiger partial charge in [0.1, 0.15) is 48.3 Å². The van der Waals surface area contributed by atoms with E-state index in [1.54, 1.807) is 6.92 Å². The standard InChI is InChI=1S/C41H47NO19/c1-18-19(2)35(48)60-32-30(56-22(5)45)34(58-24(7)47)40(17-53-20(3)43)33(57-23(6)46)29(55-21(4)44)27-31(59-36(49)25-12-14-52-15-25)41(40,39(32,9)51)61-38(27,8)16-54-37(50)26-11-10-13-42-28(18)26/h10-15,18-19,27,29-34,51H,16-17H2,1-9H3/t18-,19-,27+,29+,30-,31+,32-,33+,34-,38-,39?,40+,41-/m0/s1. The Kier molecular flexibility index (Phi) is 11.8. The number of ether oxygens (including phenoxy) is 9. The summed E-state index contributed by atoms with van der Waals surface area (Å²) in [7, 11) is 0. The van der Waals surface area contributed by atoms with Crippen LogP contribution in [0.5, 0.6) is 0 Å². The van der Waals surface area contributed by atoms with Crippen LogP contribution in [0.3, 0.4) is 0 Å². The third kappa shape index (κ3) is 7.28. The molecule has 6 rings (SSSR count). The second-order valence-electron chi connectivity index (χ2n) is 16.1. The van der Waals surface area contributed by atoms with E-state index in [0.717, 1.165) is 54.1 Å². The molecule has 4 aliphatic rings. The largest absolute Gasteiger partial charge is 0.472 e. The molecule has 2 aliphatic carbocycles. The summed E-state index contributed by atoms with van der Waals surface area (Å²) in [6.07, 6.45) is -8.70. The van der Waals surface area contributed by atoms with E-state index in [4.69, 9.17) is 47.0 Å². The molecule has 13 atom stereocenters. The van der Waals surface area contributed by atoms with E-state index in [2.05, 4.69) is 4.98 Å². The minimum absolute atomic E-state index is 0.0594. The van der Waals surface area contributed by atoms with Crippen LogP contribution in [0.15, 0.2) is 41.3 Å². The highest BCUT2D eigenvalue weighted by atomic mass is 16.7. The van der Waals surface area contributed by atoms with E-state index in [9.17, 15) is 43.5 Å². The van der Waals surface area contributed by atoms with Crippen molar-refractivity contribution in [1.29, 1.82) is 0 Å². The number of aliphatic hydroxyl groups is 1. The van der Waals surface area contributed by atoms with Gasteiger partial charge in [-0.15, -0.1) is 0 Å². The number of rotatable bonds is 8. The molecule has 0 radical (unpaired) electrons.